The van der Waals surface area contributed by atoms with E-state index in [0.717, 1.165) is 0 Å². The fourth-order valence-electron chi connectivity index (χ4n) is 3.26. The first-order chi connectivity index (χ1) is 17.5. The standard InChI is InChI=1S/C24H30N4O8S/c25-17(9-13-1-5-15(30)6-2-13)21(32)28-20(12-37)23(34)27-19(11-29)22(33)26-18(24(35)36)10-14-3-7-16(31)8-4-14/h1-8,17-20,29-31,37H,9-12,25H2,(H,26,33)(H,27,34)(H,28,32)(H,35,36). The number of phenolic OH excluding ortho intramolecular Hbond substituents is 2. The van der Waals surface area contributed by atoms with Crippen LogP contribution >= 0.6 is 12.6 Å². The maximum absolute atomic E-state index is 12.7. The van der Waals surface area contributed by atoms with Gasteiger partial charge < -0.3 is 42.1 Å². The molecule has 0 aliphatic heterocycles. The molecule has 12 nitrogen and oxygen atoms in total. The largest absolute Gasteiger partial charge is 0.508 e. The molecule has 2 aromatic rings. The fourth-order valence-corrected chi connectivity index (χ4v) is 3.52. The molecule has 0 aliphatic carbocycles. The van der Waals surface area contributed by atoms with Crippen LogP contribution < -0.4 is 21.7 Å². The number of nitrogens with two attached hydrogens (primary N) is 1. The van der Waals surface area contributed by atoms with Crippen LogP contribution in [-0.2, 0) is 32.0 Å². The van der Waals surface area contributed by atoms with E-state index in [2.05, 4.69) is 28.6 Å². The van der Waals surface area contributed by atoms with Crippen molar-refractivity contribution in [1.29, 1.82) is 0 Å². The summed E-state index contributed by atoms with van der Waals surface area (Å²) < 4.78 is 0. The van der Waals surface area contributed by atoms with Crippen LogP contribution in [0, 0.1) is 0 Å². The monoisotopic (exact) mass is 534 g/mol. The minimum absolute atomic E-state index is 0.00476. The van der Waals surface area contributed by atoms with Crippen molar-refractivity contribution in [3.63, 3.8) is 0 Å². The molecule has 2 rings (SSSR count). The van der Waals surface area contributed by atoms with Crippen molar-refractivity contribution in [3.05, 3.63) is 59.7 Å². The Labute approximate surface area is 218 Å². The van der Waals surface area contributed by atoms with Crippen LogP contribution in [0.15, 0.2) is 48.5 Å². The van der Waals surface area contributed by atoms with Gasteiger partial charge in [0.1, 0.15) is 29.6 Å². The van der Waals surface area contributed by atoms with Crippen LogP contribution in [0.1, 0.15) is 11.1 Å². The normalized spacial score (nSPS) is 14.0. The number of amides is 3. The summed E-state index contributed by atoms with van der Waals surface area (Å²) in [7, 11) is 0. The molecule has 37 heavy (non-hydrogen) atoms. The van der Waals surface area contributed by atoms with Gasteiger partial charge in [-0.2, -0.15) is 12.6 Å². The average Bonchev–Trinajstić information content (AvgIpc) is 2.87. The smallest absolute Gasteiger partial charge is 0.326 e. The highest BCUT2D eigenvalue weighted by molar-refractivity contribution is 7.80. The van der Waals surface area contributed by atoms with Crippen molar-refractivity contribution >= 4 is 36.3 Å². The van der Waals surface area contributed by atoms with Crippen LogP contribution in [0.5, 0.6) is 11.5 Å². The average molecular weight is 535 g/mol. The van der Waals surface area contributed by atoms with Crippen molar-refractivity contribution < 1.29 is 39.6 Å². The first-order valence-electron chi connectivity index (χ1n) is 11.2. The molecule has 0 saturated heterocycles. The maximum Gasteiger partial charge on any atom is 0.326 e. The number of hydrogen-bond donors (Lipinski definition) is 9. The molecule has 0 spiro atoms. The summed E-state index contributed by atoms with van der Waals surface area (Å²) in [6.07, 6.45) is 0.0218. The Bertz CT molecular complexity index is 1080. The number of aliphatic hydroxyl groups excluding tert-OH is 1. The zero-order valence-electron chi connectivity index (χ0n) is 19.7. The number of aliphatic hydroxyl groups is 1. The summed E-state index contributed by atoms with van der Waals surface area (Å²) in [5, 5.41) is 44.8. The van der Waals surface area contributed by atoms with Crippen molar-refractivity contribution in [2.75, 3.05) is 12.4 Å². The predicted molar refractivity (Wildman–Crippen MR) is 136 cm³/mol. The Balaban J connectivity index is 1.96. The number of phenols is 2. The molecule has 9 N–H and O–H groups in total. The molecule has 2 aromatic carbocycles. The Morgan fingerprint density at radius 1 is 0.730 bits per heavy atom. The number of aromatic hydroxyl groups is 2. The molecule has 0 radical (unpaired) electrons. The number of rotatable bonds is 13. The van der Waals surface area contributed by atoms with Gasteiger partial charge in [0.15, 0.2) is 0 Å². The summed E-state index contributed by atoms with van der Waals surface area (Å²) in [5.41, 5.74) is 7.13. The fraction of sp³-hybridized carbons (Fsp3) is 0.333. The van der Waals surface area contributed by atoms with Crippen LogP contribution in [0.4, 0.5) is 0 Å². The summed E-state index contributed by atoms with van der Waals surface area (Å²) in [4.78, 5) is 49.4. The molecule has 0 bridgehead atoms. The number of carbonyl (C=O) groups is 4. The number of nitrogens with one attached hydrogen (secondary N) is 3. The van der Waals surface area contributed by atoms with E-state index in [1.165, 1.54) is 36.4 Å². The van der Waals surface area contributed by atoms with Crippen molar-refractivity contribution in [2.24, 2.45) is 5.73 Å². The zero-order valence-corrected chi connectivity index (χ0v) is 20.6. The van der Waals surface area contributed by atoms with Gasteiger partial charge in [0, 0.05) is 12.2 Å². The molecule has 0 aliphatic rings. The van der Waals surface area contributed by atoms with Gasteiger partial charge in [0.2, 0.25) is 17.7 Å². The number of aliphatic carboxylic acids is 1. The summed E-state index contributed by atoms with van der Waals surface area (Å²) in [5.74, 6) is -3.88. The topological polar surface area (TPSA) is 211 Å². The number of benzene rings is 2. The molecule has 0 fully saturated rings. The van der Waals surface area contributed by atoms with E-state index in [9.17, 15) is 39.6 Å². The van der Waals surface area contributed by atoms with Gasteiger partial charge in [0.25, 0.3) is 0 Å². The molecule has 0 heterocycles. The second-order valence-electron chi connectivity index (χ2n) is 8.23. The third-order valence-corrected chi connectivity index (χ3v) is 5.72. The van der Waals surface area contributed by atoms with Crippen LogP contribution in [0.2, 0.25) is 0 Å². The van der Waals surface area contributed by atoms with Crippen LogP contribution in [0.25, 0.3) is 0 Å². The van der Waals surface area contributed by atoms with Crippen LogP contribution in [-0.4, -0.2) is 80.6 Å². The van der Waals surface area contributed by atoms with E-state index < -0.39 is 54.5 Å². The SMILES string of the molecule is NC(Cc1ccc(O)cc1)C(=O)NC(CS)C(=O)NC(CO)C(=O)NC(Cc1ccc(O)cc1)C(=O)O. The molecule has 200 valence electrons. The summed E-state index contributed by atoms with van der Waals surface area (Å²) >= 11 is 4.05. The minimum atomic E-state index is -1.50. The second kappa shape index (κ2) is 14.1. The van der Waals surface area contributed by atoms with Gasteiger partial charge in [-0.3, -0.25) is 14.4 Å². The predicted octanol–water partition coefficient (Wildman–Crippen LogP) is -1.33. The number of carboxylic acid groups (broad SMARTS) is 1. The molecular formula is C24H30N4O8S. The third kappa shape index (κ3) is 9.29. The first-order valence-corrected chi connectivity index (χ1v) is 11.8. The lowest BCUT2D eigenvalue weighted by Crippen LogP contribution is -2.58. The Kier molecular flexibility index (Phi) is 11.2. The van der Waals surface area contributed by atoms with E-state index in [-0.39, 0.29) is 30.1 Å². The van der Waals surface area contributed by atoms with Gasteiger partial charge in [-0.25, -0.2) is 4.79 Å². The molecule has 4 unspecified atom stereocenters. The lowest BCUT2D eigenvalue weighted by atomic mass is 10.1. The van der Waals surface area contributed by atoms with Gasteiger partial charge in [-0.1, -0.05) is 24.3 Å². The maximum atomic E-state index is 12.7. The highest BCUT2D eigenvalue weighted by Crippen LogP contribution is 2.12. The van der Waals surface area contributed by atoms with E-state index in [1.54, 1.807) is 12.1 Å². The van der Waals surface area contributed by atoms with Gasteiger partial charge >= 0.3 is 5.97 Å². The summed E-state index contributed by atoms with van der Waals surface area (Å²) in [6.45, 7) is -0.837. The minimum Gasteiger partial charge on any atom is -0.508 e. The van der Waals surface area contributed by atoms with Crippen LogP contribution in [0.3, 0.4) is 0 Å². The van der Waals surface area contributed by atoms with Crippen molar-refractivity contribution in [2.45, 2.75) is 37.0 Å². The number of thiol groups is 1. The summed E-state index contributed by atoms with van der Waals surface area (Å²) in [6, 6.07) is 6.73. The Hall–Kier alpha value is -3.81. The van der Waals surface area contributed by atoms with Gasteiger partial charge in [-0.05, 0) is 41.8 Å². The lowest BCUT2D eigenvalue weighted by Gasteiger charge is -2.23. The van der Waals surface area contributed by atoms with Gasteiger partial charge in [-0.15, -0.1) is 0 Å². The van der Waals surface area contributed by atoms with E-state index in [4.69, 9.17) is 5.73 Å². The van der Waals surface area contributed by atoms with E-state index in [0.29, 0.717) is 11.1 Å². The Morgan fingerprint density at radius 2 is 1.16 bits per heavy atom. The highest BCUT2D eigenvalue weighted by Gasteiger charge is 2.29. The van der Waals surface area contributed by atoms with Crippen molar-refractivity contribution in [1.82, 2.24) is 16.0 Å². The molecule has 0 aromatic heterocycles. The molecular weight excluding hydrogens is 504 g/mol. The molecule has 13 heteroatoms. The van der Waals surface area contributed by atoms with E-state index >= 15 is 0 Å². The number of hydrogen-bond acceptors (Lipinski definition) is 9. The zero-order chi connectivity index (χ0) is 27.5. The lowest BCUT2D eigenvalue weighted by molar-refractivity contribution is -0.142. The number of carbonyl (C=O) groups excluding carboxylic acids is 3. The Morgan fingerprint density at radius 3 is 1.62 bits per heavy atom. The molecule has 3 amide bonds. The highest BCUT2D eigenvalue weighted by atomic mass is 32.1. The van der Waals surface area contributed by atoms with Crippen molar-refractivity contribution in [3.8, 4) is 11.5 Å². The second-order valence-corrected chi connectivity index (χ2v) is 8.60. The number of carboxylic acids is 1. The third-order valence-electron chi connectivity index (χ3n) is 5.35. The van der Waals surface area contributed by atoms with E-state index in [1.807, 2.05) is 0 Å². The molecule has 0 saturated carbocycles. The van der Waals surface area contributed by atoms with Gasteiger partial charge in [0.05, 0.1) is 12.6 Å². The quantitative estimate of drug-likeness (QED) is 0.139. The molecule has 4 atom stereocenters. The first kappa shape index (κ1) is 29.4.